The van der Waals surface area contributed by atoms with Crippen LogP contribution in [0.2, 0.25) is 0 Å². The molecule has 0 radical (unpaired) electrons. The number of benzene rings is 2. The molecule has 0 aliphatic heterocycles. The predicted octanol–water partition coefficient (Wildman–Crippen LogP) is 4.70. The fraction of sp³-hybridized carbons (Fsp3) is 0.125. The molecule has 0 amide bonds. The number of hydrogen-bond acceptors (Lipinski definition) is 4. The third-order valence-electron chi connectivity index (χ3n) is 4.81. The summed E-state index contributed by atoms with van der Waals surface area (Å²) in [6.45, 7) is 7.80. The summed E-state index contributed by atoms with van der Waals surface area (Å²) >= 11 is 0. The highest BCUT2D eigenvalue weighted by Gasteiger charge is 2.06. The van der Waals surface area contributed by atoms with Crippen LogP contribution in [0.5, 0.6) is 11.5 Å². The number of ether oxygens (including phenoxy) is 2. The molecule has 2 aromatic carbocycles. The third kappa shape index (κ3) is 4.01. The minimum absolute atomic E-state index is 0.0931. The first kappa shape index (κ1) is 19.2. The van der Waals surface area contributed by atoms with Gasteiger partial charge in [0.1, 0.15) is 18.1 Å². The SMILES string of the molecule is [C-]#[N+]c1ccc(-c2ccc(=O)n(CCOc3ccnc4cc(OC)ccc34)c2)cc1. The number of nitrogens with zero attached hydrogens (tertiary/aromatic N) is 3. The molecule has 0 unspecified atom stereocenters. The molecule has 4 rings (SSSR count). The standard InChI is InChI=1S/C24H19N3O3/c1-25-19-6-3-17(4-7-19)18-5-10-24(28)27(16-18)13-14-30-23-11-12-26-22-15-20(29-2)8-9-21(22)23/h3-12,15-16H,13-14H2,2H3. The van der Waals surface area contributed by atoms with Gasteiger partial charge in [0.05, 0.1) is 25.7 Å². The predicted molar refractivity (Wildman–Crippen MR) is 116 cm³/mol. The minimum atomic E-state index is -0.0931. The summed E-state index contributed by atoms with van der Waals surface area (Å²) in [4.78, 5) is 20.0. The Morgan fingerprint density at radius 2 is 1.83 bits per heavy atom. The van der Waals surface area contributed by atoms with Crippen LogP contribution in [0.25, 0.3) is 26.9 Å². The van der Waals surface area contributed by atoms with Crippen molar-refractivity contribution in [2.75, 3.05) is 13.7 Å². The summed E-state index contributed by atoms with van der Waals surface area (Å²) in [6, 6.07) is 18.1. The molecule has 0 fully saturated rings. The van der Waals surface area contributed by atoms with Gasteiger partial charge in [-0.1, -0.05) is 24.3 Å². The van der Waals surface area contributed by atoms with Crippen LogP contribution in [0.15, 0.2) is 77.9 Å². The normalized spacial score (nSPS) is 10.5. The Kier molecular flexibility index (Phi) is 5.44. The van der Waals surface area contributed by atoms with Crippen LogP contribution < -0.4 is 15.0 Å². The van der Waals surface area contributed by atoms with E-state index in [9.17, 15) is 4.79 Å². The van der Waals surface area contributed by atoms with Gasteiger partial charge in [-0.25, -0.2) is 4.85 Å². The number of rotatable bonds is 6. The molecule has 30 heavy (non-hydrogen) atoms. The van der Waals surface area contributed by atoms with Gasteiger partial charge in [-0.15, -0.1) is 0 Å². The zero-order valence-electron chi connectivity index (χ0n) is 16.4. The van der Waals surface area contributed by atoms with Crippen LogP contribution in [-0.2, 0) is 6.54 Å². The van der Waals surface area contributed by atoms with E-state index in [0.717, 1.165) is 27.8 Å². The summed E-state index contributed by atoms with van der Waals surface area (Å²) < 4.78 is 12.8. The second-order valence-electron chi connectivity index (χ2n) is 6.65. The van der Waals surface area contributed by atoms with E-state index in [1.807, 2.05) is 42.6 Å². The second-order valence-corrected chi connectivity index (χ2v) is 6.65. The molecular weight excluding hydrogens is 378 g/mol. The van der Waals surface area contributed by atoms with Gasteiger partial charge >= 0.3 is 0 Å². The van der Waals surface area contributed by atoms with Crippen LogP contribution >= 0.6 is 0 Å². The van der Waals surface area contributed by atoms with Gasteiger partial charge in [0.25, 0.3) is 5.56 Å². The first-order valence-corrected chi connectivity index (χ1v) is 9.42. The average molecular weight is 397 g/mol. The van der Waals surface area contributed by atoms with E-state index >= 15 is 0 Å². The number of pyridine rings is 2. The zero-order chi connectivity index (χ0) is 20.9. The van der Waals surface area contributed by atoms with Gasteiger partial charge in [-0.2, -0.15) is 0 Å². The smallest absolute Gasteiger partial charge is 0.250 e. The quantitative estimate of drug-likeness (QED) is 0.443. The van der Waals surface area contributed by atoms with Crippen molar-refractivity contribution >= 4 is 16.6 Å². The molecule has 0 aliphatic carbocycles. The van der Waals surface area contributed by atoms with E-state index < -0.39 is 0 Å². The van der Waals surface area contributed by atoms with Gasteiger partial charge in [-0.3, -0.25) is 9.78 Å². The van der Waals surface area contributed by atoms with Crippen molar-refractivity contribution in [2.24, 2.45) is 0 Å². The molecule has 2 heterocycles. The number of methoxy groups -OCH3 is 1. The fourth-order valence-corrected chi connectivity index (χ4v) is 3.21. The highest BCUT2D eigenvalue weighted by atomic mass is 16.5. The van der Waals surface area contributed by atoms with E-state index in [2.05, 4.69) is 9.83 Å². The molecule has 0 bridgehead atoms. The summed E-state index contributed by atoms with van der Waals surface area (Å²) in [5.41, 5.74) is 3.14. The van der Waals surface area contributed by atoms with Crippen molar-refractivity contribution in [3.63, 3.8) is 0 Å². The lowest BCUT2D eigenvalue weighted by Crippen LogP contribution is -2.21. The molecule has 148 valence electrons. The molecule has 0 N–H and O–H groups in total. The maximum Gasteiger partial charge on any atom is 0.250 e. The molecule has 0 saturated carbocycles. The Labute approximate surface area is 173 Å². The lowest BCUT2D eigenvalue weighted by molar-refractivity contribution is 0.299. The van der Waals surface area contributed by atoms with Gasteiger partial charge in [0.15, 0.2) is 5.69 Å². The molecule has 0 spiro atoms. The largest absolute Gasteiger partial charge is 0.497 e. The highest BCUT2D eigenvalue weighted by Crippen LogP contribution is 2.27. The van der Waals surface area contributed by atoms with E-state index in [1.165, 1.54) is 0 Å². The fourth-order valence-electron chi connectivity index (χ4n) is 3.21. The topological polar surface area (TPSA) is 57.7 Å². The number of aromatic nitrogens is 2. The Morgan fingerprint density at radius 1 is 1.03 bits per heavy atom. The zero-order valence-corrected chi connectivity index (χ0v) is 16.4. The number of fused-ring (bicyclic) bond motifs is 1. The summed E-state index contributed by atoms with van der Waals surface area (Å²) in [7, 11) is 1.62. The summed E-state index contributed by atoms with van der Waals surface area (Å²) in [5, 5.41) is 0.888. The van der Waals surface area contributed by atoms with Crippen molar-refractivity contribution < 1.29 is 9.47 Å². The van der Waals surface area contributed by atoms with Crippen LogP contribution in [0, 0.1) is 6.57 Å². The van der Waals surface area contributed by atoms with E-state index in [0.29, 0.717) is 24.6 Å². The van der Waals surface area contributed by atoms with Crippen LogP contribution in [-0.4, -0.2) is 23.3 Å². The van der Waals surface area contributed by atoms with Crippen molar-refractivity contribution in [1.29, 1.82) is 0 Å². The molecule has 0 aliphatic rings. The first-order chi connectivity index (χ1) is 14.7. The molecule has 2 aromatic heterocycles. The van der Waals surface area contributed by atoms with Crippen molar-refractivity contribution in [3.05, 3.63) is 94.8 Å². The summed E-state index contributed by atoms with van der Waals surface area (Å²) in [6.07, 6.45) is 3.50. The Balaban J connectivity index is 1.51. The molecule has 6 heteroatoms. The van der Waals surface area contributed by atoms with Crippen LogP contribution in [0.1, 0.15) is 0 Å². The van der Waals surface area contributed by atoms with E-state index in [4.69, 9.17) is 16.0 Å². The van der Waals surface area contributed by atoms with Crippen molar-refractivity contribution in [3.8, 4) is 22.6 Å². The first-order valence-electron chi connectivity index (χ1n) is 9.42. The minimum Gasteiger partial charge on any atom is -0.497 e. The Bertz CT molecular complexity index is 1290. The molecule has 6 nitrogen and oxygen atoms in total. The highest BCUT2D eigenvalue weighted by molar-refractivity contribution is 5.85. The van der Waals surface area contributed by atoms with Gasteiger partial charge in [-0.05, 0) is 35.4 Å². The Morgan fingerprint density at radius 3 is 2.60 bits per heavy atom. The molecular formula is C24H19N3O3. The molecule has 0 saturated heterocycles. The van der Waals surface area contributed by atoms with Crippen LogP contribution in [0.4, 0.5) is 5.69 Å². The second kappa shape index (κ2) is 8.50. The number of hydrogen-bond donors (Lipinski definition) is 0. The molecule has 4 aromatic rings. The van der Waals surface area contributed by atoms with Gasteiger partial charge in [0, 0.05) is 29.9 Å². The third-order valence-corrected chi connectivity index (χ3v) is 4.81. The van der Waals surface area contributed by atoms with Crippen molar-refractivity contribution in [2.45, 2.75) is 6.54 Å². The summed E-state index contributed by atoms with van der Waals surface area (Å²) in [5.74, 6) is 1.45. The lowest BCUT2D eigenvalue weighted by Gasteiger charge is -2.12. The maximum absolute atomic E-state index is 12.3. The van der Waals surface area contributed by atoms with Gasteiger partial charge < -0.3 is 14.0 Å². The Hall–Kier alpha value is -4.11. The average Bonchev–Trinajstić information content (AvgIpc) is 2.80. The van der Waals surface area contributed by atoms with Crippen LogP contribution in [0.3, 0.4) is 0 Å². The monoisotopic (exact) mass is 397 g/mol. The van der Waals surface area contributed by atoms with Crippen molar-refractivity contribution in [1.82, 2.24) is 9.55 Å². The van der Waals surface area contributed by atoms with E-state index in [-0.39, 0.29) is 5.56 Å². The molecule has 0 atom stereocenters. The van der Waals surface area contributed by atoms with E-state index in [1.54, 1.807) is 42.1 Å². The lowest BCUT2D eigenvalue weighted by atomic mass is 10.1. The maximum atomic E-state index is 12.3. The van der Waals surface area contributed by atoms with Gasteiger partial charge in [0.2, 0.25) is 0 Å².